The number of rotatable bonds is 4. The molecule has 3 heterocycles. The Kier molecular flexibility index (Phi) is 5.57. The Labute approximate surface area is 154 Å². The zero-order valence-corrected chi connectivity index (χ0v) is 15.2. The second-order valence-corrected chi connectivity index (χ2v) is 6.99. The van der Waals surface area contributed by atoms with Gasteiger partial charge in [0.1, 0.15) is 13.2 Å². The van der Waals surface area contributed by atoms with E-state index in [9.17, 15) is 4.79 Å². The van der Waals surface area contributed by atoms with E-state index in [1.54, 1.807) is 0 Å². The Balaban J connectivity index is 1.27. The summed E-state index contributed by atoms with van der Waals surface area (Å²) < 4.78 is 16.8. The Hall–Kier alpha value is -1.83. The zero-order chi connectivity index (χ0) is 17.8. The normalized spacial score (nSPS) is 21.6. The molecule has 0 bridgehead atoms. The summed E-state index contributed by atoms with van der Waals surface area (Å²) in [5.41, 5.74) is 1.18. The van der Waals surface area contributed by atoms with Crippen LogP contribution in [0.25, 0.3) is 0 Å². The summed E-state index contributed by atoms with van der Waals surface area (Å²) in [5.74, 6) is 1.97. The van der Waals surface area contributed by atoms with Crippen LogP contribution < -0.4 is 9.47 Å². The molecule has 26 heavy (non-hydrogen) atoms. The quantitative estimate of drug-likeness (QED) is 0.776. The van der Waals surface area contributed by atoms with E-state index < -0.39 is 0 Å². The zero-order valence-electron chi connectivity index (χ0n) is 15.2. The lowest BCUT2D eigenvalue weighted by Crippen LogP contribution is -2.51. The standard InChI is InChI=1S/C19H27N3O4/c23-18(22-8-10-24-11-9-22)15-21-6-4-20(5-7-21)14-16-2-1-3-17-19(16)26-13-12-25-17/h1-3H,4-15H2. The molecular formula is C19H27N3O4. The molecule has 1 aromatic rings. The minimum atomic E-state index is 0.226. The molecule has 0 aromatic heterocycles. The van der Waals surface area contributed by atoms with Gasteiger partial charge in [-0.1, -0.05) is 12.1 Å². The second-order valence-electron chi connectivity index (χ2n) is 6.99. The van der Waals surface area contributed by atoms with Crippen molar-refractivity contribution in [1.29, 1.82) is 0 Å². The molecule has 0 saturated carbocycles. The average molecular weight is 361 g/mol. The van der Waals surface area contributed by atoms with Crippen molar-refractivity contribution >= 4 is 5.91 Å². The Morgan fingerprint density at radius 2 is 1.62 bits per heavy atom. The summed E-state index contributed by atoms with van der Waals surface area (Å²) in [6, 6.07) is 6.11. The number of morpholine rings is 1. The van der Waals surface area contributed by atoms with E-state index in [4.69, 9.17) is 14.2 Å². The number of hydrogen-bond acceptors (Lipinski definition) is 6. The highest BCUT2D eigenvalue weighted by Crippen LogP contribution is 2.34. The average Bonchev–Trinajstić information content (AvgIpc) is 2.70. The molecule has 2 saturated heterocycles. The van der Waals surface area contributed by atoms with E-state index >= 15 is 0 Å². The number of nitrogens with zero attached hydrogens (tertiary/aromatic N) is 3. The largest absolute Gasteiger partial charge is 0.486 e. The lowest BCUT2D eigenvalue weighted by Gasteiger charge is -2.36. The van der Waals surface area contributed by atoms with Gasteiger partial charge in [0.15, 0.2) is 11.5 Å². The Bertz CT molecular complexity index is 625. The molecule has 142 valence electrons. The van der Waals surface area contributed by atoms with E-state index in [0.29, 0.717) is 33.0 Å². The van der Waals surface area contributed by atoms with Crippen LogP contribution in [0.4, 0.5) is 0 Å². The van der Waals surface area contributed by atoms with Crippen LogP contribution in [0, 0.1) is 0 Å². The van der Waals surface area contributed by atoms with Gasteiger partial charge < -0.3 is 19.1 Å². The minimum Gasteiger partial charge on any atom is -0.486 e. The van der Waals surface area contributed by atoms with Gasteiger partial charge in [0.05, 0.1) is 19.8 Å². The van der Waals surface area contributed by atoms with Crippen molar-refractivity contribution in [2.75, 3.05) is 72.2 Å². The summed E-state index contributed by atoms with van der Waals surface area (Å²) in [4.78, 5) is 19.0. The first-order chi connectivity index (χ1) is 12.8. The molecule has 4 rings (SSSR count). The number of carbonyl (C=O) groups excluding carboxylic acids is 1. The van der Waals surface area contributed by atoms with Gasteiger partial charge in [-0.25, -0.2) is 0 Å². The molecule has 3 aliphatic rings. The molecule has 7 nitrogen and oxygen atoms in total. The molecule has 2 fully saturated rings. The molecule has 0 unspecified atom stereocenters. The molecule has 0 aliphatic carbocycles. The van der Waals surface area contributed by atoms with Crippen LogP contribution in [-0.2, 0) is 16.1 Å². The molecule has 1 aromatic carbocycles. The van der Waals surface area contributed by atoms with Gasteiger partial charge in [-0.3, -0.25) is 14.6 Å². The number of fused-ring (bicyclic) bond motifs is 1. The van der Waals surface area contributed by atoms with Crippen molar-refractivity contribution in [3.05, 3.63) is 23.8 Å². The van der Waals surface area contributed by atoms with E-state index in [2.05, 4.69) is 15.9 Å². The summed E-state index contributed by atoms with van der Waals surface area (Å²) in [5, 5.41) is 0. The summed E-state index contributed by atoms with van der Waals surface area (Å²) in [7, 11) is 0. The highest BCUT2D eigenvalue weighted by Gasteiger charge is 2.24. The Morgan fingerprint density at radius 1 is 0.885 bits per heavy atom. The number of hydrogen-bond donors (Lipinski definition) is 0. The molecule has 0 spiro atoms. The molecule has 1 amide bonds. The van der Waals surface area contributed by atoms with Gasteiger partial charge in [0.2, 0.25) is 5.91 Å². The molecule has 0 radical (unpaired) electrons. The van der Waals surface area contributed by atoms with E-state index in [0.717, 1.165) is 57.3 Å². The third-order valence-electron chi connectivity index (χ3n) is 5.23. The summed E-state index contributed by atoms with van der Waals surface area (Å²) >= 11 is 0. The van der Waals surface area contributed by atoms with E-state index in [1.165, 1.54) is 5.56 Å². The molecular weight excluding hydrogens is 334 g/mol. The van der Waals surface area contributed by atoms with E-state index in [1.807, 2.05) is 17.0 Å². The predicted molar refractivity (Wildman–Crippen MR) is 96.5 cm³/mol. The van der Waals surface area contributed by atoms with Gasteiger partial charge >= 0.3 is 0 Å². The first kappa shape index (κ1) is 17.6. The van der Waals surface area contributed by atoms with Gasteiger partial charge in [-0.15, -0.1) is 0 Å². The fourth-order valence-corrected chi connectivity index (χ4v) is 3.71. The summed E-state index contributed by atoms with van der Waals surface area (Å²) in [6.45, 7) is 9.13. The minimum absolute atomic E-state index is 0.226. The number of carbonyl (C=O) groups is 1. The van der Waals surface area contributed by atoms with Crippen LogP contribution in [0.3, 0.4) is 0 Å². The smallest absolute Gasteiger partial charge is 0.236 e. The highest BCUT2D eigenvalue weighted by molar-refractivity contribution is 5.78. The third-order valence-corrected chi connectivity index (χ3v) is 5.23. The number of amides is 1. The van der Waals surface area contributed by atoms with Gasteiger partial charge in [-0.05, 0) is 6.07 Å². The van der Waals surface area contributed by atoms with Crippen molar-refractivity contribution in [2.45, 2.75) is 6.54 Å². The highest BCUT2D eigenvalue weighted by atomic mass is 16.6. The second kappa shape index (κ2) is 8.24. The lowest BCUT2D eigenvalue weighted by atomic mass is 10.1. The van der Waals surface area contributed by atoms with E-state index in [-0.39, 0.29) is 5.91 Å². The first-order valence-electron chi connectivity index (χ1n) is 9.47. The van der Waals surface area contributed by atoms with Crippen LogP contribution in [0.2, 0.25) is 0 Å². The van der Waals surface area contributed by atoms with Crippen LogP contribution in [0.5, 0.6) is 11.5 Å². The number of benzene rings is 1. The summed E-state index contributed by atoms with van der Waals surface area (Å²) in [6.07, 6.45) is 0. The fourth-order valence-electron chi connectivity index (χ4n) is 3.71. The molecule has 0 atom stereocenters. The predicted octanol–water partition coefficient (Wildman–Crippen LogP) is 0.434. The van der Waals surface area contributed by atoms with Crippen molar-refractivity contribution in [2.24, 2.45) is 0 Å². The molecule has 7 heteroatoms. The van der Waals surface area contributed by atoms with Crippen LogP contribution in [0.1, 0.15) is 5.56 Å². The van der Waals surface area contributed by atoms with Crippen LogP contribution >= 0.6 is 0 Å². The molecule has 0 N–H and O–H groups in total. The van der Waals surface area contributed by atoms with Gasteiger partial charge in [-0.2, -0.15) is 0 Å². The van der Waals surface area contributed by atoms with Crippen molar-refractivity contribution in [1.82, 2.24) is 14.7 Å². The maximum atomic E-state index is 12.4. The SMILES string of the molecule is O=C(CN1CCN(Cc2cccc3c2OCCO3)CC1)N1CCOCC1. The van der Waals surface area contributed by atoms with Gasteiger partial charge in [0.25, 0.3) is 0 Å². The van der Waals surface area contributed by atoms with Crippen LogP contribution in [-0.4, -0.2) is 92.8 Å². The topological polar surface area (TPSA) is 54.5 Å². The maximum absolute atomic E-state index is 12.4. The fraction of sp³-hybridized carbons (Fsp3) is 0.632. The first-order valence-corrected chi connectivity index (χ1v) is 9.47. The lowest BCUT2D eigenvalue weighted by molar-refractivity contribution is -0.136. The van der Waals surface area contributed by atoms with Gasteiger partial charge in [0, 0.05) is 51.4 Å². The third kappa shape index (κ3) is 4.11. The Morgan fingerprint density at radius 3 is 2.42 bits per heavy atom. The van der Waals surface area contributed by atoms with Crippen LogP contribution in [0.15, 0.2) is 18.2 Å². The monoisotopic (exact) mass is 361 g/mol. The molecule has 3 aliphatic heterocycles. The number of para-hydroxylation sites is 1. The number of ether oxygens (including phenoxy) is 3. The van der Waals surface area contributed by atoms with Crippen molar-refractivity contribution in [3.8, 4) is 11.5 Å². The van der Waals surface area contributed by atoms with Crippen molar-refractivity contribution < 1.29 is 19.0 Å². The number of piperazine rings is 1. The van der Waals surface area contributed by atoms with Crippen molar-refractivity contribution in [3.63, 3.8) is 0 Å². The maximum Gasteiger partial charge on any atom is 0.236 e.